The summed E-state index contributed by atoms with van der Waals surface area (Å²) in [6.45, 7) is 1.73. The third-order valence-electron chi connectivity index (χ3n) is 3.21. The number of carbonyl (C=O) groups is 2. The smallest absolute Gasteiger partial charge is 0.416 e. The van der Waals surface area contributed by atoms with E-state index in [9.17, 15) is 22.8 Å². The molecule has 0 fully saturated rings. The third-order valence-corrected chi connectivity index (χ3v) is 3.21. The van der Waals surface area contributed by atoms with Crippen molar-refractivity contribution in [2.45, 2.75) is 13.1 Å². The number of nitrogens with one attached hydrogen (secondary N) is 1. The van der Waals surface area contributed by atoms with Gasteiger partial charge in [0.1, 0.15) is 5.75 Å². The summed E-state index contributed by atoms with van der Waals surface area (Å²) < 4.78 is 47.9. The number of anilines is 1. The Hall–Kier alpha value is -3.03. The van der Waals surface area contributed by atoms with E-state index in [0.717, 1.165) is 12.1 Å². The van der Waals surface area contributed by atoms with Crippen LogP contribution >= 0.6 is 0 Å². The van der Waals surface area contributed by atoms with Gasteiger partial charge in [-0.3, -0.25) is 4.79 Å². The molecule has 0 unspecified atom stereocenters. The fourth-order valence-corrected chi connectivity index (χ4v) is 2.04. The standard InChI is InChI=1S/C18H16F3NO4/c1-2-25-15-8-6-14(7-9-15)22-16(23)11-26-17(24)12-4-3-5-13(10-12)18(19,20)21/h3-10H,2,11H2,1H3,(H,22,23). The molecule has 0 aliphatic rings. The number of alkyl halides is 3. The fraction of sp³-hybridized carbons (Fsp3) is 0.222. The van der Waals surface area contributed by atoms with Gasteiger partial charge >= 0.3 is 12.1 Å². The van der Waals surface area contributed by atoms with Crippen LogP contribution in [0.2, 0.25) is 0 Å². The average Bonchev–Trinajstić information content (AvgIpc) is 2.61. The van der Waals surface area contributed by atoms with Crippen molar-refractivity contribution in [3.8, 4) is 5.75 Å². The number of ether oxygens (including phenoxy) is 2. The van der Waals surface area contributed by atoms with Crippen molar-refractivity contribution in [1.29, 1.82) is 0 Å². The van der Waals surface area contributed by atoms with E-state index >= 15 is 0 Å². The quantitative estimate of drug-likeness (QED) is 0.787. The number of amides is 1. The van der Waals surface area contributed by atoms with Crippen LogP contribution in [0.15, 0.2) is 48.5 Å². The zero-order valence-electron chi connectivity index (χ0n) is 13.8. The highest BCUT2D eigenvalue weighted by Crippen LogP contribution is 2.29. The first-order chi connectivity index (χ1) is 12.3. The molecule has 5 nitrogen and oxygen atoms in total. The van der Waals surface area contributed by atoms with E-state index in [0.29, 0.717) is 24.1 Å². The van der Waals surface area contributed by atoms with E-state index in [4.69, 9.17) is 9.47 Å². The Labute approximate surface area is 147 Å². The van der Waals surface area contributed by atoms with Gasteiger partial charge in [-0.15, -0.1) is 0 Å². The van der Waals surface area contributed by atoms with Crippen molar-refractivity contribution >= 4 is 17.6 Å². The van der Waals surface area contributed by atoms with Gasteiger partial charge in [-0.05, 0) is 49.4 Å². The molecule has 138 valence electrons. The lowest BCUT2D eigenvalue weighted by atomic mass is 10.1. The Morgan fingerprint density at radius 1 is 1.08 bits per heavy atom. The van der Waals surface area contributed by atoms with Gasteiger partial charge in [-0.25, -0.2) is 4.79 Å². The van der Waals surface area contributed by atoms with Crippen LogP contribution in [-0.2, 0) is 15.7 Å². The maximum atomic E-state index is 12.6. The predicted molar refractivity (Wildman–Crippen MR) is 88.0 cm³/mol. The van der Waals surface area contributed by atoms with E-state index < -0.39 is 30.2 Å². The second-order valence-electron chi connectivity index (χ2n) is 5.16. The van der Waals surface area contributed by atoms with Crippen LogP contribution in [0.1, 0.15) is 22.8 Å². The van der Waals surface area contributed by atoms with Gasteiger partial charge in [0.2, 0.25) is 0 Å². The van der Waals surface area contributed by atoms with E-state index in [-0.39, 0.29) is 5.56 Å². The molecule has 0 aliphatic carbocycles. The van der Waals surface area contributed by atoms with Gasteiger partial charge in [-0.2, -0.15) is 13.2 Å². The summed E-state index contributed by atoms with van der Waals surface area (Å²) >= 11 is 0. The van der Waals surface area contributed by atoms with E-state index in [1.165, 1.54) is 6.07 Å². The first-order valence-electron chi connectivity index (χ1n) is 7.66. The second-order valence-corrected chi connectivity index (χ2v) is 5.16. The van der Waals surface area contributed by atoms with Gasteiger partial charge in [0.15, 0.2) is 6.61 Å². The van der Waals surface area contributed by atoms with Crippen LogP contribution < -0.4 is 10.1 Å². The fourth-order valence-electron chi connectivity index (χ4n) is 2.04. The van der Waals surface area contributed by atoms with Crippen LogP contribution in [0.5, 0.6) is 5.75 Å². The Kier molecular flexibility index (Phi) is 6.21. The molecule has 1 N–H and O–H groups in total. The first-order valence-corrected chi connectivity index (χ1v) is 7.66. The average molecular weight is 367 g/mol. The molecule has 0 saturated heterocycles. The van der Waals surface area contributed by atoms with Gasteiger partial charge in [-0.1, -0.05) is 6.07 Å². The monoisotopic (exact) mass is 367 g/mol. The minimum absolute atomic E-state index is 0.284. The molecule has 2 aromatic rings. The molecule has 0 bridgehead atoms. The molecule has 0 heterocycles. The maximum absolute atomic E-state index is 12.6. The molecule has 0 spiro atoms. The van der Waals surface area contributed by atoms with Crippen LogP contribution in [0.3, 0.4) is 0 Å². The summed E-state index contributed by atoms with van der Waals surface area (Å²) in [5, 5.41) is 2.50. The lowest BCUT2D eigenvalue weighted by Crippen LogP contribution is -2.21. The molecular formula is C18H16F3NO4. The Morgan fingerprint density at radius 3 is 2.38 bits per heavy atom. The number of esters is 1. The zero-order chi connectivity index (χ0) is 19.2. The zero-order valence-corrected chi connectivity index (χ0v) is 13.8. The maximum Gasteiger partial charge on any atom is 0.416 e. The minimum Gasteiger partial charge on any atom is -0.494 e. The Bertz CT molecular complexity index is 773. The number of carbonyl (C=O) groups excluding carboxylic acids is 2. The summed E-state index contributed by atoms with van der Waals surface area (Å²) in [7, 11) is 0. The minimum atomic E-state index is -4.57. The summed E-state index contributed by atoms with van der Waals surface area (Å²) in [5.74, 6) is -0.992. The van der Waals surface area contributed by atoms with E-state index in [1.54, 1.807) is 24.3 Å². The molecule has 0 radical (unpaired) electrons. The molecule has 2 rings (SSSR count). The Balaban J connectivity index is 1.89. The van der Waals surface area contributed by atoms with Crippen LogP contribution in [-0.4, -0.2) is 25.1 Å². The first kappa shape index (κ1) is 19.3. The number of rotatable bonds is 6. The number of hydrogen-bond acceptors (Lipinski definition) is 4. The lowest BCUT2D eigenvalue weighted by Gasteiger charge is -2.09. The molecule has 0 aliphatic heterocycles. The van der Waals surface area contributed by atoms with E-state index in [1.807, 2.05) is 6.92 Å². The van der Waals surface area contributed by atoms with Crippen LogP contribution in [0, 0.1) is 0 Å². The van der Waals surface area contributed by atoms with E-state index in [2.05, 4.69) is 5.32 Å². The van der Waals surface area contributed by atoms with Gasteiger partial charge in [0.25, 0.3) is 5.91 Å². The Morgan fingerprint density at radius 2 is 1.77 bits per heavy atom. The van der Waals surface area contributed by atoms with Crippen molar-refractivity contribution in [1.82, 2.24) is 0 Å². The third kappa shape index (κ3) is 5.51. The van der Waals surface area contributed by atoms with Gasteiger partial charge in [0.05, 0.1) is 17.7 Å². The van der Waals surface area contributed by atoms with Crippen molar-refractivity contribution in [2.24, 2.45) is 0 Å². The lowest BCUT2D eigenvalue weighted by molar-refractivity contribution is -0.137. The predicted octanol–water partition coefficient (Wildman–Crippen LogP) is 3.90. The van der Waals surface area contributed by atoms with Crippen LogP contribution in [0.25, 0.3) is 0 Å². The molecule has 0 aromatic heterocycles. The number of benzene rings is 2. The molecule has 26 heavy (non-hydrogen) atoms. The van der Waals surface area contributed by atoms with Crippen molar-refractivity contribution < 1.29 is 32.2 Å². The SMILES string of the molecule is CCOc1ccc(NC(=O)COC(=O)c2cccc(C(F)(F)F)c2)cc1. The van der Waals surface area contributed by atoms with Crippen molar-refractivity contribution in [3.05, 3.63) is 59.7 Å². The highest BCUT2D eigenvalue weighted by Gasteiger charge is 2.31. The largest absolute Gasteiger partial charge is 0.494 e. The summed E-state index contributed by atoms with van der Waals surface area (Å²) in [5.41, 5.74) is -0.784. The summed E-state index contributed by atoms with van der Waals surface area (Å²) in [6.07, 6.45) is -4.57. The second kappa shape index (κ2) is 8.37. The van der Waals surface area contributed by atoms with Gasteiger partial charge < -0.3 is 14.8 Å². The molecule has 1 amide bonds. The molecule has 0 atom stereocenters. The van der Waals surface area contributed by atoms with Crippen molar-refractivity contribution in [2.75, 3.05) is 18.5 Å². The summed E-state index contributed by atoms with van der Waals surface area (Å²) in [6, 6.07) is 10.3. The normalized spacial score (nSPS) is 10.9. The molecular weight excluding hydrogens is 351 g/mol. The number of hydrogen-bond donors (Lipinski definition) is 1. The van der Waals surface area contributed by atoms with Crippen LogP contribution in [0.4, 0.5) is 18.9 Å². The topological polar surface area (TPSA) is 64.6 Å². The molecule has 0 saturated carbocycles. The highest BCUT2D eigenvalue weighted by molar-refractivity contribution is 5.95. The van der Waals surface area contributed by atoms with Gasteiger partial charge in [0, 0.05) is 5.69 Å². The molecule has 2 aromatic carbocycles. The summed E-state index contributed by atoms with van der Waals surface area (Å²) in [4.78, 5) is 23.6. The highest BCUT2D eigenvalue weighted by atomic mass is 19.4. The van der Waals surface area contributed by atoms with Crippen molar-refractivity contribution in [3.63, 3.8) is 0 Å². The number of halogens is 3. The molecule has 8 heteroatoms.